The molecule has 22 heavy (non-hydrogen) atoms. The van der Waals surface area contributed by atoms with Gasteiger partial charge in [0.2, 0.25) is 0 Å². The number of rotatable bonds is 15. The largest absolute Gasteiger partial charge is 0.469 e. The van der Waals surface area contributed by atoms with E-state index < -0.39 is 25.9 Å². The van der Waals surface area contributed by atoms with Gasteiger partial charge in [0.05, 0.1) is 18.1 Å². The fraction of sp³-hybridized carbons (Fsp3) is 1.00. The van der Waals surface area contributed by atoms with Crippen molar-refractivity contribution in [3.63, 3.8) is 0 Å². The molecule has 0 aromatic heterocycles. The first-order chi connectivity index (χ1) is 10.4. The van der Waals surface area contributed by atoms with Crippen molar-refractivity contribution in [3.05, 3.63) is 0 Å². The highest BCUT2D eigenvalue weighted by Crippen LogP contribution is 2.36. The van der Waals surface area contributed by atoms with Crippen LogP contribution in [-0.2, 0) is 9.09 Å². The normalized spacial score (nSPS) is 15.0. The molecule has 0 aromatic rings. The van der Waals surface area contributed by atoms with Gasteiger partial charge < -0.3 is 14.9 Å². The van der Waals surface area contributed by atoms with E-state index in [2.05, 4.69) is 11.4 Å². The molecular weight excluding hydrogens is 327 g/mol. The van der Waals surface area contributed by atoms with Gasteiger partial charge in [-0.1, -0.05) is 71.1 Å². The molecule has 0 bridgehead atoms. The van der Waals surface area contributed by atoms with Crippen LogP contribution in [0.15, 0.2) is 0 Å². The lowest BCUT2D eigenvalue weighted by Gasteiger charge is -2.17. The number of aliphatic hydroxyl groups excluding tert-OH is 1. The lowest BCUT2D eigenvalue weighted by Crippen LogP contribution is -2.25. The van der Waals surface area contributed by atoms with Crippen LogP contribution < -0.4 is 0 Å². The molecule has 0 aliphatic heterocycles. The van der Waals surface area contributed by atoms with Crippen molar-refractivity contribution >= 4 is 19.4 Å². The van der Waals surface area contributed by atoms with Crippen LogP contribution in [0.3, 0.4) is 0 Å². The smallest absolute Gasteiger partial charge is 0.389 e. The number of phosphoric acid groups is 1. The van der Waals surface area contributed by atoms with Gasteiger partial charge in [0, 0.05) is 0 Å². The topological polar surface area (TPSA) is 87.0 Å². The number of unbranched alkanes of at least 4 members (excludes halogenated alkanes) is 9. The minimum absolute atomic E-state index is 0.434. The van der Waals surface area contributed by atoms with Crippen molar-refractivity contribution < 1.29 is 24.0 Å². The van der Waals surface area contributed by atoms with Crippen molar-refractivity contribution in [2.75, 3.05) is 6.61 Å². The molecule has 2 atom stereocenters. The quantitative estimate of drug-likeness (QED) is 0.230. The van der Waals surface area contributed by atoms with Gasteiger partial charge in [-0.05, 0) is 6.42 Å². The highest BCUT2D eigenvalue weighted by molar-refractivity contribution is 7.46. The maximum atomic E-state index is 10.5. The molecule has 7 heteroatoms. The standard InChI is InChI=1S/C15H32ClO5P/c1-2-3-4-5-6-7-8-9-10-11-12-14(16)15(17)13-21-22(18,19)20/h14-15,17H,2-13H2,1H3,(H2,18,19,20). The lowest BCUT2D eigenvalue weighted by atomic mass is 10.0. The van der Waals surface area contributed by atoms with Crippen molar-refractivity contribution in [2.24, 2.45) is 0 Å². The Kier molecular flexibility index (Phi) is 14.0. The number of aliphatic hydroxyl groups is 1. The summed E-state index contributed by atoms with van der Waals surface area (Å²) in [4.78, 5) is 17.1. The van der Waals surface area contributed by atoms with Crippen molar-refractivity contribution in [1.29, 1.82) is 0 Å². The Balaban J connectivity index is 3.41. The maximum Gasteiger partial charge on any atom is 0.469 e. The van der Waals surface area contributed by atoms with Crippen LogP contribution in [0.5, 0.6) is 0 Å². The van der Waals surface area contributed by atoms with Crippen LogP contribution in [-0.4, -0.2) is 33.0 Å². The van der Waals surface area contributed by atoms with E-state index in [4.69, 9.17) is 21.4 Å². The molecule has 3 N–H and O–H groups in total. The number of alkyl halides is 1. The maximum absolute atomic E-state index is 10.5. The van der Waals surface area contributed by atoms with Gasteiger partial charge in [-0.15, -0.1) is 11.6 Å². The Bertz CT molecular complexity index is 298. The summed E-state index contributed by atoms with van der Waals surface area (Å²) >= 11 is 5.99. The highest BCUT2D eigenvalue weighted by Gasteiger charge is 2.21. The second-order valence-corrected chi connectivity index (χ2v) is 7.64. The minimum atomic E-state index is -4.53. The number of phosphoric ester groups is 1. The predicted octanol–water partition coefficient (Wildman–Crippen LogP) is 4.38. The molecular formula is C15H32ClO5P. The average molecular weight is 359 g/mol. The fourth-order valence-corrected chi connectivity index (χ4v) is 2.87. The molecule has 0 amide bonds. The van der Waals surface area contributed by atoms with Crippen molar-refractivity contribution in [1.82, 2.24) is 0 Å². The molecule has 0 saturated heterocycles. The minimum Gasteiger partial charge on any atom is -0.389 e. The molecule has 134 valence electrons. The Labute approximate surface area is 139 Å². The molecule has 0 saturated carbocycles. The first-order valence-corrected chi connectivity index (χ1v) is 10.4. The average Bonchev–Trinajstić information content (AvgIpc) is 2.45. The highest BCUT2D eigenvalue weighted by atomic mass is 35.5. The van der Waals surface area contributed by atoms with E-state index in [0.29, 0.717) is 6.42 Å². The second kappa shape index (κ2) is 13.8. The first-order valence-electron chi connectivity index (χ1n) is 8.39. The molecule has 2 unspecified atom stereocenters. The van der Waals surface area contributed by atoms with Crippen LogP contribution in [0.25, 0.3) is 0 Å². The van der Waals surface area contributed by atoms with Gasteiger partial charge in [-0.3, -0.25) is 4.52 Å². The Hall–Kier alpha value is 0.360. The van der Waals surface area contributed by atoms with Crippen LogP contribution in [0.4, 0.5) is 0 Å². The third-order valence-electron chi connectivity index (χ3n) is 3.66. The zero-order chi connectivity index (χ0) is 16.8. The molecule has 0 aliphatic rings. The zero-order valence-corrected chi connectivity index (χ0v) is 15.3. The van der Waals surface area contributed by atoms with E-state index in [-0.39, 0.29) is 0 Å². The van der Waals surface area contributed by atoms with E-state index >= 15 is 0 Å². The van der Waals surface area contributed by atoms with E-state index in [9.17, 15) is 9.67 Å². The summed E-state index contributed by atoms with van der Waals surface area (Å²) < 4.78 is 14.8. The summed E-state index contributed by atoms with van der Waals surface area (Å²) in [6, 6.07) is 0. The van der Waals surface area contributed by atoms with Gasteiger partial charge in [-0.2, -0.15) is 0 Å². The molecule has 0 heterocycles. The van der Waals surface area contributed by atoms with Gasteiger partial charge in [0.1, 0.15) is 0 Å². The summed E-state index contributed by atoms with van der Waals surface area (Å²) in [7, 11) is -4.53. The molecule has 0 spiro atoms. The second-order valence-electron chi connectivity index (χ2n) is 5.84. The van der Waals surface area contributed by atoms with Gasteiger partial charge in [0.25, 0.3) is 0 Å². The summed E-state index contributed by atoms with van der Waals surface area (Å²) in [6.07, 6.45) is 11.9. The van der Waals surface area contributed by atoms with E-state index in [1.807, 2.05) is 0 Å². The third-order valence-corrected chi connectivity index (χ3v) is 4.66. The summed E-state index contributed by atoms with van der Waals surface area (Å²) in [5, 5.41) is 9.10. The molecule has 0 aromatic carbocycles. The molecule has 0 rings (SSSR count). The van der Waals surface area contributed by atoms with Crippen LogP contribution in [0.1, 0.15) is 77.6 Å². The number of halogens is 1. The van der Waals surface area contributed by atoms with Gasteiger partial charge in [-0.25, -0.2) is 4.57 Å². The Morgan fingerprint density at radius 2 is 1.41 bits per heavy atom. The zero-order valence-electron chi connectivity index (χ0n) is 13.6. The summed E-state index contributed by atoms with van der Waals surface area (Å²) in [5.74, 6) is 0. The molecule has 0 aliphatic carbocycles. The number of hydrogen-bond acceptors (Lipinski definition) is 3. The predicted molar refractivity (Wildman–Crippen MR) is 90.1 cm³/mol. The van der Waals surface area contributed by atoms with Crippen molar-refractivity contribution in [3.8, 4) is 0 Å². The molecule has 0 fully saturated rings. The fourth-order valence-electron chi connectivity index (χ4n) is 2.30. The summed E-state index contributed by atoms with van der Waals surface area (Å²) in [5.41, 5.74) is 0. The lowest BCUT2D eigenvalue weighted by molar-refractivity contribution is 0.0800. The van der Waals surface area contributed by atoms with E-state index in [1.165, 1.54) is 51.4 Å². The molecule has 5 nitrogen and oxygen atoms in total. The van der Waals surface area contributed by atoms with E-state index in [0.717, 1.165) is 12.8 Å². The molecule has 0 radical (unpaired) electrons. The summed E-state index contributed by atoms with van der Waals surface area (Å²) in [6.45, 7) is 1.79. The van der Waals surface area contributed by atoms with Crippen LogP contribution in [0, 0.1) is 0 Å². The number of hydrogen-bond donors (Lipinski definition) is 3. The Morgan fingerprint density at radius 3 is 1.86 bits per heavy atom. The third kappa shape index (κ3) is 15.3. The SMILES string of the molecule is CCCCCCCCCCCCC(Cl)C(O)COP(=O)(O)O. The van der Waals surface area contributed by atoms with Crippen LogP contribution >= 0.6 is 19.4 Å². The monoisotopic (exact) mass is 358 g/mol. The van der Waals surface area contributed by atoms with E-state index in [1.54, 1.807) is 0 Å². The van der Waals surface area contributed by atoms with Gasteiger partial charge in [0.15, 0.2) is 0 Å². The van der Waals surface area contributed by atoms with Gasteiger partial charge >= 0.3 is 7.82 Å². The first kappa shape index (κ1) is 22.4. The Morgan fingerprint density at radius 1 is 0.955 bits per heavy atom. The van der Waals surface area contributed by atoms with Crippen LogP contribution in [0.2, 0.25) is 0 Å². The van der Waals surface area contributed by atoms with Crippen molar-refractivity contribution in [2.45, 2.75) is 89.0 Å².